The molecule has 2 aliphatic heterocycles. The van der Waals surface area contributed by atoms with Gasteiger partial charge in [0, 0.05) is 12.7 Å². The minimum absolute atomic E-state index is 0.0357. The minimum Gasteiger partial charge on any atom is -0.459 e. The molecule has 1 N–H and O–H groups in total. The number of aromatic nitrogens is 3. The van der Waals surface area contributed by atoms with E-state index < -0.39 is 36.3 Å². The molecule has 1 aromatic carbocycles. The number of carbonyl (C=O) groups is 1. The summed E-state index contributed by atoms with van der Waals surface area (Å²) in [6.45, 7) is 4.62. The molecule has 184 valence electrons. The van der Waals surface area contributed by atoms with Crippen LogP contribution in [-0.2, 0) is 18.9 Å². The van der Waals surface area contributed by atoms with Gasteiger partial charge in [-0.15, -0.1) is 0 Å². The van der Waals surface area contributed by atoms with Crippen molar-refractivity contribution in [3.8, 4) is 0 Å². The molecule has 3 aromatic rings. The van der Waals surface area contributed by atoms with E-state index in [9.17, 15) is 4.79 Å². The van der Waals surface area contributed by atoms with Gasteiger partial charge in [0.1, 0.15) is 36.4 Å². The maximum atomic E-state index is 12.5. The maximum Gasteiger partial charge on any atom is 0.338 e. The molecular weight excluding hydrogens is 472 g/mol. The molecule has 0 unspecified atom stereocenters. The number of hydrogen-bond acceptors (Lipinski definition) is 8. The Labute approximate surface area is 207 Å². The predicted octanol–water partition coefficient (Wildman–Crippen LogP) is 4.18. The first kappa shape index (κ1) is 22.7. The van der Waals surface area contributed by atoms with Gasteiger partial charge in [-0.05, 0) is 62.4 Å². The molecule has 2 saturated heterocycles. The number of fused-ring (bicyclic) bond motifs is 2. The SMILES string of the molecule is CC1(C)O[C@@H]2[C@H](O1)[C@@H](COC(=O)c1ccccc1)O[C@H]2n1ccc2c(NCC3CC3)nc(Cl)nc21. The lowest BCUT2D eigenvalue weighted by Crippen LogP contribution is -2.33. The number of hydrogen-bond donors (Lipinski definition) is 1. The van der Waals surface area contributed by atoms with Gasteiger partial charge in [0.05, 0.1) is 10.9 Å². The molecule has 6 rings (SSSR count). The predicted molar refractivity (Wildman–Crippen MR) is 128 cm³/mol. The smallest absolute Gasteiger partial charge is 0.338 e. The Hall–Kier alpha value is -2.72. The van der Waals surface area contributed by atoms with Crippen LogP contribution in [0.3, 0.4) is 0 Å². The van der Waals surface area contributed by atoms with Crippen LogP contribution in [-0.4, -0.2) is 57.8 Å². The zero-order valence-electron chi connectivity index (χ0n) is 19.5. The van der Waals surface area contributed by atoms with E-state index in [2.05, 4.69) is 15.3 Å². The van der Waals surface area contributed by atoms with Gasteiger partial charge in [-0.25, -0.2) is 9.78 Å². The number of esters is 1. The van der Waals surface area contributed by atoms with Crippen LogP contribution < -0.4 is 5.32 Å². The number of nitrogens with one attached hydrogen (secondary N) is 1. The molecule has 10 heteroatoms. The highest BCUT2D eigenvalue weighted by Gasteiger charge is 2.56. The zero-order chi connectivity index (χ0) is 24.2. The first-order valence-electron chi connectivity index (χ1n) is 11.9. The number of ether oxygens (including phenoxy) is 4. The third-order valence-electron chi connectivity index (χ3n) is 6.59. The average molecular weight is 499 g/mol. The van der Waals surface area contributed by atoms with Crippen molar-refractivity contribution in [3.05, 3.63) is 53.4 Å². The lowest BCUT2D eigenvalue weighted by atomic mass is 10.1. The third-order valence-corrected chi connectivity index (χ3v) is 6.76. The van der Waals surface area contributed by atoms with Crippen LogP contribution in [0.25, 0.3) is 11.0 Å². The lowest BCUT2D eigenvalue weighted by Gasteiger charge is -2.25. The van der Waals surface area contributed by atoms with E-state index in [1.54, 1.807) is 24.3 Å². The minimum atomic E-state index is -0.800. The molecule has 0 bridgehead atoms. The van der Waals surface area contributed by atoms with Crippen molar-refractivity contribution >= 4 is 34.4 Å². The van der Waals surface area contributed by atoms with Crippen molar-refractivity contribution in [1.29, 1.82) is 0 Å². The van der Waals surface area contributed by atoms with E-state index in [1.165, 1.54) is 12.8 Å². The van der Waals surface area contributed by atoms with Crippen molar-refractivity contribution in [2.24, 2.45) is 5.92 Å². The molecule has 9 nitrogen and oxygen atoms in total. The van der Waals surface area contributed by atoms with Gasteiger partial charge >= 0.3 is 5.97 Å². The van der Waals surface area contributed by atoms with Crippen LogP contribution in [0.1, 0.15) is 43.3 Å². The van der Waals surface area contributed by atoms with E-state index in [1.807, 2.05) is 36.7 Å². The van der Waals surface area contributed by atoms with Crippen molar-refractivity contribution in [1.82, 2.24) is 14.5 Å². The lowest BCUT2D eigenvalue weighted by molar-refractivity contribution is -0.199. The summed E-state index contributed by atoms with van der Waals surface area (Å²) < 4.78 is 26.2. The Morgan fingerprint density at radius 2 is 1.94 bits per heavy atom. The highest BCUT2D eigenvalue weighted by Crippen LogP contribution is 2.44. The average Bonchev–Trinajstić information content (AvgIpc) is 3.38. The molecule has 1 aliphatic carbocycles. The van der Waals surface area contributed by atoms with Crippen LogP contribution in [0.15, 0.2) is 42.6 Å². The quantitative estimate of drug-likeness (QED) is 0.383. The Morgan fingerprint density at radius 1 is 1.17 bits per heavy atom. The molecule has 2 aromatic heterocycles. The van der Waals surface area contributed by atoms with Crippen molar-refractivity contribution in [3.63, 3.8) is 0 Å². The summed E-state index contributed by atoms with van der Waals surface area (Å²) in [5.41, 5.74) is 1.12. The fourth-order valence-corrected chi connectivity index (χ4v) is 4.91. The van der Waals surface area contributed by atoms with Gasteiger partial charge < -0.3 is 28.8 Å². The fourth-order valence-electron chi connectivity index (χ4n) is 4.74. The Bertz CT molecular complexity index is 1250. The van der Waals surface area contributed by atoms with Crippen LogP contribution in [0.5, 0.6) is 0 Å². The van der Waals surface area contributed by atoms with Gasteiger partial charge in [-0.3, -0.25) is 0 Å². The highest BCUT2D eigenvalue weighted by atomic mass is 35.5. The van der Waals surface area contributed by atoms with Gasteiger partial charge in [0.15, 0.2) is 12.0 Å². The van der Waals surface area contributed by atoms with Crippen LogP contribution in [0.4, 0.5) is 5.82 Å². The monoisotopic (exact) mass is 498 g/mol. The largest absolute Gasteiger partial charge is 0.459 e. The van der Waals surface area contributed by atoms with Crippen LogP contribution in [0, 0.1) is 5.92 Å². The van der Waals surface area contributed by atoms with Crippen molar-refractivity contribution in [2.75, 3.05) is 18.5 Å². The summed E-state index contributed by atoms with van der Waals surface area (Å²) in [5.74, 6) is 0.179. The molecule has 0 spiro atoms. The van der Waals surface area contributed by atoms with Gasteiger partial charge in [0.2, 0.25) is 5.28 Å². The maximum absolute atomic E-state index is 12.5. The molecule has 0 radical (unpaired) electrons. The van der Waals surface area contributed by atoms with E-state index >= 15 is 0 Å². The summed E-state index contributed by atoms with van der Waals surface area (Å²) in [6, 6.07) is 10.8. The summed E-state index contributed by atoms with van der Waals surface area (Å²) in [4.78, 5) is 21.4. The van der Waals surface area contributed by atoms with E-state index in [0.29, 0.717) is 22.9 Å². The summed E-state index contributed by atoms with van der Waals surface area (Å²) in [7, 11) is 0. The number of carbonyl (C=O) groups excluding carboxylic acids is 1. The summed E-state index contributed by atoms with van der Waals surface area (Å²) in [6.07, 6.45) is 2.48. The number of anilines is 1. The summed E-state index contributed by atoms with van der Waals surface area (Å²) >= 11 is 6.29. The van der Waals surface area contributed by atoms with E-state index in [0.717, 1.165) is 11.9 Å². The third kappa shape index (κ3) is 4.49. The van der Waals surface area contributed by atoms with Crippen molar-refractivity contribution < 1.29 is 23.7 Å². The van der Waals surface area contributed by atoms with Crippen LogP contribution >= 0.6 is 11.6 Å². The molecule has 3 fully saturated rings. The number of nitrogens with zero attached hydrogens (tertiary/aromatic N) is 3. The molecule has 35 heavy (non-hydrogen) atoms. The second kappa shape index (κ2) is 8.74. The van der Waals surface area contributed by atoms with Gasteiger partial charge in [-0.2, -0.15) is 4.98 Å². The molecular formula is C25H27ClN4O5. The normalized spacial score (nSPS) is 27.2. The molecule has 4 heterocycles. The highest BCUT2D eigenvalue weighted by molar-refractivity contribution is 6.28. The first-order valence-corrected chi connectivity index (χ1v) is 12.3. The van der Waals surface area contributed by atoms with E-state index in [-0.39, 0.29) is 11.9 Å². The summed E-state index contributed by atoms with van der Waals surface area (Å²) in [5, 5.41) is 4.42. The molecule has 3 aliphatic rings. The topological polar surface area (TPSA) is 96.7 Å². The second-order valence-electron chi connectivity index (χ2n) is 9.72. The molecule has 1 saturated carbocycles. The zero-order valence-corrected chi connectivity index (χ0v) is 20.3. The van der Waals surface area contributed by atoms with Crippen LogP contribution in [0.2, 0.25) is 5.28 Å². The first-order chi connectivity index (χ1) is 16.9. The Kier molecular flexibility index (Phi) is 5.68. The Balaban J connectivity index is 1.26. The molecule has 4 atom stereocenters. The standard InChI is InChI=1S/C25H27ClN4O5/c1-25(2)34-18-17(13-32-23(31)15-6-4-3-5-7-15)33-22(19(18)35-25)30-11-10-16-20(27-12-14-8-9-14)28-24(26)29-21(16)30/h3-7,10-11,14,17-19,22H,8-9,12-13H2,1-2H3,(H,27,28,29)/t17-,18-,19-,22-/m1/s1. The second-order valence-corrected chi connectivity index (χ2v) is 10.1. The number of rotatable bonds is 7. The molecule has 0 amide bonds. The van der Waals surface area contributed by atoms with E-state index in [4.69, 9.17) is 30.5 Å². The number of benzene rings is 1. The van der Waals surface area contributed by atoms with Crippen molar-refractivity contribution in [2.45, 2.75) is 57.0 Å². The Morgan fingerprint density at radius 3 is 2.71 bits per heavy atom. The fraction of sp³-hybridized carbons (Fsp3) is 0.480. The van der Waals surface area contributed by atoms with Gasteiger partial charge in [0.25, 0.3) is 0 Å². The number of halogens is 1. The van der Waals surface area contributed by atoms with Gasteiger partial charge in [-0.1, -0.05) is 18.2 Å².